The number of hydrogen-bond donors (Lipinski definition) is 2. The van der Waals surface area contributed by atoms with Crippen LogP contribution < -0.4 is 5.69 Å². The predicted molar refractivity (Wildman–Crippen MR) is 90.1 cm³/mol. The molecule has 1 saturated heterocycles. The normalized spacial score (nSPS) is 23.4. The molecule has 1 aliphatic rings. The summed E-state index contributed by atoms with van der Waals surface area (Å²) in [6, 6.07) is 9.68. The number of furan rings is 1. The summed E-state index contributed by atoms with van der Waals surface area (Å²) in [5.74, 6) is 0.625. The van der Waals surface area contributed by atoms with Gasteiger partial charge in [-0.3, -0.25) is 4.57 Å². The van der Waals surface area contributed by atoms with E-state index in [1.807, 2.05) is 37.3 Å². The fourth-order valence-corrected chi connectivity index (χ4v) is 3.04. The molecular weight excluding hydrogens is 324 g/mol. The van der Waals surface area contributed by atoms with Gasteiger partial charge in [0.05, 0.1) is 18.1 Å². The van der Waals surface area contributed by atoms with Crippen molar-refractivity contribution < 1.29 is 19.4 Å². The highest BCUT2D eigenvalue weighted by molar-refractivity contribution is 5.79. The summed E-state index contributed by atoms with van der Waals surface area (Å²) < 4.78 is 12.6. The molecule has 0 saturated carbocycles. The minimum Gasteiger partial charge on any atom is -0.437 e. The monoisotopic (exact) mass is 342 g/mol. The van der Waals surface area contributed by atoms with Crippen molar-refractivity contribution in [2.24, 2.45) is 0 Å². The summed E-state index contributed by atoms with van der Waals surface area (Å²) in [4.78, 5) is 16.3. The Kier molecular flexibility index (Phi) is 3.91. The summed E-state index contributed by atoms with van der Waals surface area (Å²) in [6.45, 7) is 1.71. The largest absolute Gasteiger partial charge is 0.437 e. The van der Waals surface area contributed by atoms with Crippen LogP contribution >= 0.6 is 0 Å². The van der Waals surface area contributed by atoms with Crippen molar-refractivity contribution in [2.45, 2.75) is 31.8 Å². The third-order valence-electron chi connectivity index (χ3n) is 4.47. The van der Waals surface area contributed by atoms with E-state index in [0.717, 1.165) is 11.1 Å². The zero-order valence-electron chi connectivity index (χ0n) is 13.6. The van der Waals surface area contributed by atoms with Crippen LogP contribution in [0.2, 0.25) is 0 Å². The van der Waals surface area contributed by atoms with Gasteiger partial charge in [0, 0.05) is 18.2 Å². The number of nitrogens with zero attached hydrogens (tertiary/aromatic N) is 2. The molecule has 3 atom stereocenters. The summed E-state index contributed by atoms with van der Waals surface area (Å²) in [5, 5.41) is 19.7. The molecule has 1 fully saturated rings. The fourth-order valence-electron chi connectivity index (χ4n) is 3.04. The maximum Gasteiger partial charge on any atom is 0.353 e. The first-order valence-electron chi connectivity index (χ1n) is 8.09. The first-order chi connectivity index (χ1) is 12.0. The highest BCUT2D eigenvalue weighted by Gasteiger charge is 2.35. The van der Waals surface area contributed by atoms with E-state index < -0.39 is 24.1 Å². The molecule has 4 rings (SSSR count). The van der Waals surface area contributed by atoms with Crippen molar-refractivity contribution >= 4 is 11.1 Å². The molecule has 0 amide bonds. The lowest BCUT2D eigenvalue weighted by Crippen LogP contribution is -2.27. The summed E-state index contributed by atoms with van der Waals surface area (Å²) in [7, 11) is 0. The van der Waals surface area contributed by atoms with Gasteiger partial charge in [-0.25, -0.2) is 4.79 Å². The van der Waals surface area contributed by atoms with Gasteiger partial charge < -0.3 is 19.4 Å². The van der Waals surface area contributed by atoms with Crippen molar-refractivity contribution in [3.05, 3.63) is 52.6 Å². The molecule has 2 N–H and O–H groups in total. The minimum absolute atomic E-state index is 0.223. The molecule has 2 aromatic heterocycles. The number of rotatable bonds is 3. The van der Waals surface area contributed by atoms with Crippen LogP contribution in [0.25, 0.3) is 22.4 Å². The number of aliphatic hydroxyl groups is 2. The Bertz CT molecular complexity index is 960. The van der Waals surface area contributed by atoms with E-state index in [1.165, 1.54) is 4.57 Å². The molecule has 0 radical (unpaired) electrons. The van der Waals surface area contributed by atoms with E-state index in [1.54, 1.807) is 6.20 Å². The van der Waals surface area contributed by atoms with Crippen LogP contribution in [0.1, 0.15) is 18.2 Å². The summed E-state index contributed by atoms with van der Waals surface area (Å²) >= 11 is 0. The SMILES string of the molecule is Cc1ccc(-c2cc3cn([C@H]4C[C@H](O)[C@@H](CO)O4)c(=O)nc3o2)cc1. The average molecular weight is 342 g/mol. The van der Waals surface area contributed by atoms with Crippen LogP contribution in [-0.2, 0) is 4.74 Å². The van der Waals surface area contributed by atoms with Crippen molar-refractivity contribution in [2.75, 3.05) is 6.61 Å². The van der Waals surface area contributed by atoms with Gasteiger partial charge in [0.25, 0.3) is 0 Å². The number of aromatic nitrogens is 2. The number of aryl methyl sites for hydroxylation is 1. The molecule has 130 valence electrons. The molecule has 25 heavy (non-hydrogen) atoms. The van der Waals surface area contributed by atoms with E-state index in [2.05, 4.69) is 4.98 Å². The molecule has 7 heteroatoms. The molecule has 0 spiro atoms. The van der Waals surface area contributed by atoms with Gasteiger partial charge in [0.1, 0.15) is 18.1 Å². The van der Waals surface area contributed by atoms with E-state index in [0.29, 0.717) is 11.1 Å². The maximum absolute atomic E-state index is 12.3. The Labute approximate surface area is 143 Å². The smallest absolute Gasteiger partial charge is 0.353 e. The van der Waals surface area contributed by atoms with Crippen LogP contribution in [0.5, 0.6) is 0 Å². The number of fused-ring (bicyclic) bond motifs is 1. The van der Waals surface area contributed by atoms with E-state index in [-0.39, 0.29) is 18.7 Å². The van der Waals surface area contributed by atoms with Gasteiger partial charge >= 0.3 is 5.69 Å². The Morgan fingerprint density at radius 3 is 2.76 bits per heavy atom. The predicted octanol–water partition coefficient (Wildman–Crippen LogP) is 1.61. The molecule has 3 aromatic rings. The quantitative estimate of drug-likeness (QED) is 0.750. The molecule has 3 heterocycles. The van der Waals surface area contributed by atoms with Gasteiger partial charge in [-0.05, 0) is 13.0 Å². The molecule has 0 bridgehead atoms. The highest BCUT2D eigenvalue weighted by atomic mass is 16.5. The van der Waals surface area contributed by atoms with Crippen LogP contribution in [0, 0.1) is 6.92 Å². The zero-order chi connectivity index (χ0) is 17.6. The van der Waals surface area contributed by atoms with Gasteiger partial charge in [-0.15, -0.1) is 0 Å². The zero-order valence-corrected chi connectivity index (χ0v) is 13.6. The molecule has 1 aliphatic heterocycles. The lowest BCUT2D eigenvalue weighted by atomic mass is 10.1. The van der Waals surface area contributed by atoms with Crippen LogP contribution in [0.4, 0.5) is 0 Å². The van der Waals surface area contributed by atoms with Crippen LogP contribution in [0.15, 0.2) is 45.7 Å². The van der Waals surface area contributed by atoms with Crippen molar-refractivity contribution in [1.29, 1.82) is 0 Å². The Balaban J connectivity index is 1.72. The maximum atomic E-state index is 12.3. The van der Waals surface area contributed by atoms with Gasteiger partial charge in [0.15, 0.2) is 0 Å². The molecule has 0 aliphatic carbocycles. The summed E-state index contributed by atoms with van der Waals surface area (Å²) in [6.07, 6.45) is -0.330. The fraction of sp³-hybridized carbons (Fsp3) is 0.333. The first kappa shape index (κ1) is 16.0. The van der Waals surface area contributed by atoms with E-state index in [9.17, 15) is 15.0 Å². The Morgan fingerprint density at radius 1 is 1.32 bits per heavy atom. The lowest BCUT2D eigenvalue weighted by molar-refractivity contribution is -0.0457. The number of hydrogen-bond acceptors (Lipinski definition) is 6. The van der Waals surface area contributed by atoms with Crippen molar-refractivity contribution in [3.63, 3.8) is 0 Å². The Morgan fingerprint density at radius 2 is 2.08 bits per heavy atom. The standard InChI is InChI=1S/C18H18N2O5/c1-10-2-4-11(5-3-10)14-6-12-8-20(18(23)19-17(12)25-14)16-7-13(22)15(9-21)24-16/h2-6,8,13,15-16,21-22H,7,9H2,1H3/t13-,15+,16+/m0/s1. The lowest BCUT2D eigenvalue weighted by Gasteiger charge is -2.13. The number of aliphatic hydroxyl groups excluding tert-OH is 2. The topological polar surface area (TPSA) is 97.7 Å². The minimum atomic E-state index is -0.815. The second-order valence-electron chi connectivity index (χ2n) is 6.28. The van der Waals surface area contributed by atoms with E-state index in [4.69, 9.17) is 9.15 Å². The second-order valence-corrected chi connectivity index (χ2v) is 6.28. The number of ether oxygens (including phenoxy) is 1. The van der Waals surface area contributed by atoms with E-state index >= 15 is 0 Å². The second kappa shape index (κ2) is 6.11. The Hall–Kier alpha value is -2.48. The third kappa shape index (κ3) is 2.86. The molecular formula is C18H18N2O5. The average Bonchev–Trinajstić information content (AvgIpc) is 3.17. The summed E-state index contributed by atoms with van der Waals surface area (Å²) in [5.41, 5.74) is 1.78. The molecule has 1 aromatic carbocycles. The van der Waals surface area contributed by atoms with Crippen LogP contribution in [-0.4, -0.2) is 38.6 Å². The van der Waals surface area contributed by atoms with Crippen molar-refractivity contribution in [3.8, 4) is 11.3 Å². The molecule has 7 nitrogen and oxygen atoms in total. The van der Waals surface area contributed by atoms with Gasteiger partial charge in [-0.2, -0.15) is 4.98 Å². The first-order valence-corrected chi connectivity index (χ1v) is 8.09. The van der Waals surface area contributed by atoms with Crippen LogP contribution in [0.3, 0.4) is 0 Å². The third-order valence-corrected chi connectivity index (χ3v) is 4.47. The highest BCUT2D eigenvalue weighted by Crippen LogP contribution is 2.30. The van der Waals surface area contributed by atoms with Crippen molar-refractivity contribution in [1.82, 2.24) is 9.55 Å². The number of benzene rings is 1. The van der Waals surface area contributed by atoms with Gasteiger partial charge in [-0.1, -0.05) is 29.8 Å². The van der Waals surface area contributed by atoms with Gasteiger partial charge in [0.2, 0.25) is 5.71 Å². The molecule has 0 unspecified atom stereocenters.